The van der Waals surface area contributed by atoms with Crippen LogP contribution in [0.1, 0.15) is 37.8 Å². The van der Waals surface area contributed by atoms with Crippen molar-refractivity contribution in [3.05, 3.63) is 34.9 Å². The SMILES string of the molecule is CC(c1ccccc1Cl)N(C(=O)CC1CSCCN1)C1CC1. The number of hydrogen-bond acceptors (Lipinski definition) is 3. The number of hydrogen-bond donors (Lipinski definition) is 1. The molecule has 1 aromatic carbocycles. The molecule has 3 rings (SSSR count). The van der Waals surface area contributed by atoms with Crippen LogP contribution in [0, 0.1) is 0 Å². The van der Waals surface area contributed by atoms with Gasteiger partial charge in [-0.05, 0) is 31.4 Å². The van der Waals surface area contributed by atoms with Crippen molar-refractivity contribution in [2.24, 2.45) is 0 Å². The molecule has 1 saturated heterocycles. The smallest absolute Gasteiger partial charge is 0.224 e. The molecule has 0 aromatic heterocycles. The van der Waals surface area contributed by atoms with Gasteiger partial charge in [0, 0.05) is 41.6 Å². The molecular weight excluding hydrogens is 316 g/mol. The lowest BCUT2D eigenvalue weighted by Gasteiger charge is -2.32. The summed E-state index contributed by atoms with van der Waals surface area (Å²) >= 11 is 8.26. The fourth-order valence-corrected chi connectivity index (χ4v) is 4.36. The van der Waals surface area contributed by atoms with Gasteiger partial charge in [-0.25, -0.2) is 0 Å². The van der Waals surface area contributed by atoms with E-state index in [1.165, 1.54) is 0 Å². The third kappa shape index (κ3) is 3.79. The lowest BCUT2D eigenvalue weighted by atomic mass is 10.1. The maximum absolute atomic E-state index is 12.9. The fourth-order valence-electron chi connectivity index (χ4n) is 3.12. The van der Waals surface area contributed by atoms with Crippen molar-refractivity contribution in [3.8, 4) is 0 Å². The maximum atomic E-state index is 12.9. The molecule has 22 heavy (non-hydrogen) atoms. The van der Waals surface area contributed by atoms with Crippen LogP contribution in [-0.2, 0) is 4.79 Å². The number of carbonyl (C=O) groups excluding carboxylic acids is 1. The number of nitrogens with one attached hydrogen (secondary N) is 1. The molecule has 1 saturated carbocycles. The Labute approximate surface area is 141 Å². The minimum absolute atomic E-state index is 0.0462. The van der Waals surface area contributed by atoms with E-state index in [0.29, 0.717) is 18.5 Å². The van der Waals surface area contributed by atoms with E-state index in [2.05, 4.69) is 17.1 Å². The third-order valence-corrected chi connectivity index (χ3v) is 5.90. The minimum atomic E-state index is 0.0462. The predicted octanol–water partition coefficient (Wildman–Crippen LogP) is 3.49. The summed E-state index contributed by atoms with van der Waals surface area (Å²) < 4.78 is 0. The van der Waals surface area contributed by atoms with Crippen molar-refractivity contribution in [2.45, 2.75) is 44.3 Å². The molecule has 2 atom stereocenters. The highest BCUT2D eigenvalue weighted by atomic mass is 35.5. The highest BCUT2D eigenvalue weighted by Crippen LogP contribution is 2.37. The monoisotopic (exact) mass is 338 g/mol. The van der Waals surface area contributed by atoms with Gasteiger partial charge in [-0.1, -0.05) is 29.8 Å². The van der Waals surface area contributed by atoms with Gasteiger partial charge in [-0.2, -0.15) is 11.8 Å². The highest BCUT2D eigenvalue weighted by molar-refractivity contribution is 7.99. The standard InChI is InChI=1S/C17H23ClN2OS/c1-12(15-4-2-3-5-16(15)18)20(14-6-7-14)17(21)10-13-11-22-9-8-19-13/h2-5,12-14,19H,6-11H2,1H3. The first-order chi connectivity index (χ1) is 10.7. The van der Waals surface area contributed by atoms with Gasteiger partial charge in [0.1, 0.15) is 0 Å². The van der Waals surface area contributed by atoms with Gasteiger partial charge in [0.25, 0.3) is 0 Å². The van der Waals surface area contributed by atoms with Crippen LogP contribution in [0.4, 0.5) is 0 Å². The van der Waals surface area contributed by atoms with Crippen molar-refractivity contribution in [1.29, 1.82) is 0 Å². The molecule has 1 aromatic rings. The van der Waals surface area contributed by atoms with E-state index in [0.717, 1.165) is 41.5 Å². The second kappa shape index (κ2) is 7.24. The van der Waals surface area contributed by atoms with Crippen LogP contribution in [0.5, 0.6) is 0 Å². The molecule has 2 aliphatic rings. The van der Waals surface area contributed by atoms with Gasteiger partial charge in [0.05, 0.1) is 6.04 Å². The summed E-state index contributed by atoms with van der Waals surface area (Å²) in [4.78, 5) is 14.9. The van der Waals surface area contributed by atoms with Crippen LogP contribution < -0.4 is 5.32 Å². The normalized spacial score (nSPS) is 23.1. The molecule has 1 N–H and O–H groups in total. The van der Waals surface area contributed by atoms with Crippen LogP contribution in [-0.4, -0.2) is 40.9 Å². The molecule has 1 amide bonds. The molecule has 0 spiro atoms. The van der Waals surface area contributed by atoms with Crippen molar-refractivity contribution in [2.75, 3.05) is 18.1 Å². The first kappa shape index (κ1) is 16.2. The Balaban J connectivity index is 1.71. The molecule has 5 heteroatoms. The third-order valence-electron chi connectivity index (χ3n) is 4.42. The van der Waals surface area contributed by atoms with Gasteiger partial charge >= 0.3 is 0 Å². The summed E-state index contributed by atoms with van der Waals surface area (Å²) in [7, 11) is 0. The van der Waals surface area contributed by atoms with Crippen molar-refractivity contribution >= 4 is 29.3 Å². The molecule has 1 aliphatic heterocycles. The summed E-state index contributed by atoms with van der Waals surface area (Å²) in [5.41, 5.74) is 1.05. The molecule has 1 aliphatic carbocycles. The maximum Gasteiger partial charge on any atom is 0.224 e. The molecule has 3 nitrogen and oxygen atoms in total. The van der Waals surface area contributed by atoms with E-state index in [4.69, 9.17) is 11.6 Å². The number of nitrogens with zero attached hydrogens (tertiary/aromatic N) is 1. The lowest BCUT2D eigenvalue weighted by molar-refractivity contribution is -0.134. The van der Waals surface area contributed by atoms with Crippen LogP contribution in [0.2, 0.25) is 5.02 Å². The van der Waals surface area contributed by atoms with Crippen LogP contribution in [0.25, 0.3) is 0 Å². The van der Waals surface area contributed by atoms with Crippen LogP contribution >= 0.6 is 23.4 Å². The van der Waals surface area contributed by atoms with E-state index in [9.17, 15) is 4.79 Å². The summed E-state index contributed by atoms with van der Waals surface area (Å²) in [6.07, 6.45) is 2.83. The molecular formula is C17H23ClN2OS. The zero-order valence-corrected chi connectivity index (χ0v) is 14.5. The number of carbonyl (C=O) groups is 1. The number of rotatable bonds is 5. The molecule has 1 heterocycles. The second-order valence-electron chi connectivity index (χ2n) is 6.16. The zero-order valence-electron chi connectivity index (χ0n) is 12.9. The van der Waals surface area contributed by atoms with E-state index in [-0.39, 0.29) is 11.9 Å². The first-order valence-corrected chi connectivity index (χ1v) is 9.57. The van der Waals surface area contributed by atoms with E-state index in [1.807, 2.05) is 36.0 Å². The first-order valence-electron chi connectivity index (χ1n) is 8.03. The summed E-state index contributed by atoms with van der Waals surface area (Å²) in [5.74, 6) is 2.44. The molecule has 120 valence electrons. The number of amides is 1. The zero-order chi connectivity index (χ0) is 15.5. The van der Waals surface area contributed by atoms with Gasteiger partial charge in [0.2, 0.25) is 5.91 Å². The summed E-state index contributed by atoms with van der Waals surface area (Å²) in [5, 5.41) is 4.21. The Kier molecular flexibility index (Phi) is 5.32. The number of thioether (sulfide) groups is 1. The largest absolute Gasteiger partial charge is 0.333 e. The Morgan fingerprint density at radius 2 is 2.23 bits per heavy atom. The van der Waals surface area contributed by atoms with Crippen molar-refractivity contribution in [3.63, 3.8) is 0 Å². The lowest BCUT2D eigenvalue weighted by Crippen LogP contribution is -2.44. The van der Waals surface area contributed by atoms with Crippen LogP contribution in [0.3, 0.4) is 0 Å². The Hall–Kier alpha value is -0.710. The van der Waals surface area contributed by atoms with Crippen LogP contribution in [0.15, 0.2) is 24.3 Å². The van der Waals surface area contributed by atoms with Crippen molar-refractivity contribution < 1.29 is 4.79 Å². The second-order valence-corrected chi connectivity index (χ2v) is 7.72. The van der Waals surface area contributed by atoms with Gasteiger partial charge in [-0.3, -0.25) is 4.79 Å². The predicted molar refractivity (Wildman–Crippen MR) is 93.5 cm³/mol. The highest BCUT2D eigenvalue weighted by Gasteiger charge is 2.37. The minimum Gasteiger partial charge on any atom is -0.333 e. The van der Waals surface area contributed by atoms with E-state index >= 15 is 0 Å². The van der Waals surface area contributed by atoms with Crippen molar-refractivity contribution in [1.82, 2.24) is 10.2 Å². The summed E-state index contributed by atoms with van der Waals surface area (Å²) in [6, 6.07) is 8.62. The van der Waals surface area contributed by atoms with Gasteiger partial charge in [0.15, 0.2) is 0 Å². The Morgan fingerprint density at radius 1 is 1.45 bits per heavy atom. The van der Waals surface area contributed by atoms with Gasteiger partial charge < -0.3 is 10.2 Å². The van der Waals surface area contributed by atoms with Gasteiger partial charge in [-0.15, -0.1) is 0 Å². The van der Waals surface area contributed by atoms with E-state index in [1.54, 1.807) is 0 Å². The summed E-state index contributed by atoms with van der Waals surface area (Å²) in [6.45, 7) is 3.10. The average molecular weight is 339 g/mol. The molecule has 0 bridgehead atoms. The average Bonchev–Trinajstić information content (AvgIpc) is 3.33. The topological polar surface area (TPSA) is 32.3 Å². The molecule has 0 radical (unpaired) electrons. The number of halogens is 1. The molecule has 2 unspecified atom stereocenters. The molecule has 2 fully saturated rings. The Morgan fingerprint density at radius 3 is 2.86 bits per heavy atom. The quantitative estimate of drug-likeness (QED) is 0.892. The Bertz CT molecular complexity index is 529. The number of benzene rings is 1. The van der Waals surface area contributed by atoms with E-state index < -0.39 is 0 Å². The fraction of sp³-hybridized carbons (Fsp3) is 0.588.